The van der Waals surface area contributed by atoms with Crippen molar-refractivity contribution in [1.82, 2.24) is 5.32 Å². The van der Waals surface area contributed by atoms with Crippen molar-refractivity contribution in [2.24, 2.45) is 28.6 Å². The summed E-state index contributed by atoms with van der Waals surface area (Å²) in [5, 5.41) is 14.3. The molecule has 0 aliphatic heterocycles. The van der Waals surface area contributed by atoms with E-state index in [-0.39, 0.29) is 24.6 Å². The second kappa shape index (κ2) is 6.11. The lowest BCUT2D eigenvalue weighted by molar-refractivity contribution is -0.186. The zero-order valence-corrected chi connectivity index (χ0v) is 11.6. The Balaban J connectivity index is 1.96. The molecule has 2 saturated carbocycles. The molecule has 0 radical (unpaired) electrons. The standard InChI is InChI=1S/C13H20F3N3O2/c14-13(15,16)9-3-1-2-8(6-9)12(20)18-10(7-4-5-7)11(17)19-21/h7-10,21H,1-6H2,(H2,17,19)(H,18,20). The van der Waals surface area contributed by atoms with Crippen molar-refractivity contribution in [3.63, 3.8) is 0 Å². The lowest BCUT2D eigenvalue weighted by Crippen LogP contribution is -2.49. The Morgan fingerprint density at radius 2 is 1.95 bits per heavy atom. The number of halogens is 3. The molecule has 2 aliphatic rings. The Morgan fingerprint density at radius 1 is 1.29 bits per heavy atom. The van der Waals surface area contributed by atoms with E-state index in [9.17, 15) is 18.0 Å². The number of carbonyl (C=O) groups is 1. The van der Waals surface area contributed by atoms with E-state index in [1.807, 2.05) is 0 Å². The van der Waals surface area contributed by atoms with Crippen molar-refractivity contribution in [1.29, 1.82) is 0 Å². The molecule has 4 N–H and O–H groups in total. The Hall–Kier alpha value is -1.47. The average Bonchev–Trinajstić information content (AvgIpc) is 3.27. The van der Waals surface area contributed by atoms with Crippen molar-refractivity contribution in [3.05, 3.63) is 0 Å². The third-order valence-corrected chi connectivity index (χ3v) is 4.33. The predicted octanol–water partition coefficient (Wildman–Crippen LogP) is 2.00. The quantitative estimate of drug-likeness (QED) is 0.321. The number of hydrogen-bond donors (Lipinski definition) is 3. The van der Waals surface area contributed by atoms with E-state index in [0.717, 1.165) is 12.8 Å². The van der Waals surface area contributed by atoms with Gasteiger partial charge in [0.1, 0.15) is 0 Å². The van der Waals surface area contributed by atoms with E-state index in [1.165, 1.54) is 0 Å². The topological polar surface area (TPSA) is 87.7 Å². The van der Waals surface area contributed by atoms with E-state index >= 15 is 0 Å². The summed E-state index contributed by atoms with van der Waals surface area (Å²) in [6.45, 7) is 0. The van der Waals surface area contributed by atoms with Gasteiger partial charge in [-0.3, -0.25) is 4.79 Å². The average molecular weight is 307 g/mol. The molecule has 120 valence electrons. The van der Waals surface area contributed by atoms with Crippen molar-refractivity contribution in [2.75, 3.05) is 0 Å². The van der Waals surface area contributed by atoms with Gasteiger partial charge >= 0.3 is 6.18 Å². The van der Waals surface area contributed by atoms with Crippen LogP contribution in [0.15, 0.2) is 5.16 Å². The van der Waals surface area contributed by atoms with Crippen LogP contribution < -0.4 is 11.1 Å². The molecule has 0 aromatic rings. The maximum Gasteiger partial charge on any atom is 0.391 e. The number of nitrogens with zero attached hydrogens (tertiary/aromatic N) is 1. The highest BCUT2D eigenvalue weighted by Crippen LogP contribution is 2.40. The molecule has 3 atom stereocenters. The molecule has 0 aromatic carbocycles. The van der Waals surface area contributed by atoms with E-state index in [0.29, 0.717) is 12.8 Å². The van der Waals surface area contributed by atoms with Crippen molar-refractivity contribution in [2.45, 2.75) is 50.7 Å². The summed E-state index contributed by atoms with van der Waals surface area (Å²) >= 11 is 0. The molecule has 0 saturated heterocycles. The molecule has 2 aliphatic carbocycles. The Bertz CT molecular complexity index is 421. The second-order valence-electron chi connectivity index (χ2n) is 5.95. The fourth-order valence-electron chi connectivity index (χ4n) is 2.92. The van der Waals surface area contributed by atoms with E-state index < -0.39 is 30.0 Å². The van der Waals surface area contributed by atoms with Crippen LogP contribution in [0.5, 0.6) is 0 Å². The Labute approximate surface area is 120 Å². The van der Waals surface area contributed by atoms with Gasteiger partial charge in [0.25, 0.3) is 0 Å². The number of carbonyl (C=O) groups excluding carboxylic acids is 1. The molecular formula is C13H20F3N3O2. The normalized spacial score (nSPS) is 29.0. The summed E-state index contributed by atoms with van der Waals surface area (Å²) in [4.78, 5) is 12.2. The number of nitrogens with two attached hydrogens (primary N) is 1. The molecule has 3 unspecified atom stereocenters. The summed E-state index contributed by atoms with van der Waals surface area (Å²) in [6, 6.07) is -0.575. The van der Waals surface area contributed by atoms with Gasteiger partial charge in [-0.05, 0) is 38.0 Å². The molecule has 0 spiro atoms. The number of rotatable bonds is 4. The van der Waals surface area contributed by atoms with Gasteiger partial charge in [-0.2, -0.15) is 13.2 Å². The predicted molar refractivity (Wildman–Crippen MR) is 69.6 cm³/mol. The monoisotopic (exact) mass is 307 g/mol. The largest absolute Gasteiger partial charge is 0.409 e. The van der Waals surface area contributed by atoms with Gasteiger partial charge in [0.15, 0.2) is 5.84 Å². The molecule has 8 heteroatoms. The van der Waals surface area contributed by atoms with Crippen LogP contribution in [0.2, 0.25) is 0 Å². The van der Waals surface area contributed by atoms with Crippen molar-refractivity contribution < 1.29 is 23.2 Å². The van der Waals surface area contributed by atoms with E-state index in [1.54, 1.807) is 0 Å². The number of oxime groups is 1. The Kier molecular flexibility index (Phi) is 4.63. The fraction of sp³-hybridized carbons (Fsp3) is 0.846. The number of amides is 1. The van der Waals surface area contributed by atoms with Crippen LogP contribution in [-0.4, -0.2) is 29.2 Å². The van der Waals surface area contributed by atoms with Gasteiger partial charge in [-0.1, -0.05) is 11.6 Å². The molecule has 2 rings (SSSR count). The van der Waals surface area contributed by atoms with Crippen molar-refractivity contribution >= 4 is 11.7 Å². The first-order valence-corrected chi connectivity index (χ1v) is 7.17. The summed E-state index contributed by atoms with van der Waals surface area (Å²) < 4.78 is 38.3. The van der Waals surface area contributed by atoms with Crippen LogP contribution in [0.1, 0.15) is 38.5 Å². The first-order valence-electron chi connectivity index (χ1n) is 7.17. The lowest BCUT2D eigenvalue weighted by atomic mass is 9.80. The summed E-state index contributed by atoms with van der Waals surface area (Å²) in [7, 11) is 0. The number of hydrogen-bond acceptors (Lipinski definition) is 3. The van der Waals surface area contributed by atoms with Crippen LogP contribution in [0.25, 0.3) is 0 Å². The van der Waals surface area contributed by atoms with Gasteiger partial charge in [-0.15, -0.1) is 0 Å². The van der Waals surface area contributed by atoms with E-state index in [4.69, 9.17) is 10.9 Å². The highest BCUT2D eigenvalue weighted by atomic mass is 19.4. The molecule has 0 aromatic heterocycles. The molecule has 2 fully saturated rings. The maximum absolute atomic E-state index is 12.8. The SMILES string of the molecule is NC(=NO)C(NC(=O)C1CCCC(C(F)(F)F)C1)C1CC1. The molecule has 0 bridgehead atoms. The summed E-state index contributed by atoms with van der Waals surface area (Å²) in [6.07, 6.45) is -1.79. The van der Waals surface area contributed by atoms with Crippen LogP contribution >= 0.6 is 0 Å². The lowest BCUT2D eigenvalue weighted by Gasteiger charge is -2.30. The molecule has 21 heavy (non-hydrogen) atoms. The molecule has 1 amide bonds. The minimum Gasteiger partial charge on any atom is -0.409 e. The zero-order chi connectivity index (χ0) is 15.6. The zero-order valence-electron chi connectivity index (χ0n) is 11.6. The fourth-order valence-corrected chi connectivity index (χ4v) is 2.92. The molecule has 5 nitrogen and oxygen atoms in total. The highest BCUT2D eigenvalue weighted by molar-refractivity contribution is 5.91. The number of amidine groups is 1. The van der Waals surface area contributed by atoms with Gasteiger partial charge in [0, 0.05) is 5.92 Å². The van der Waals surface area contributed by atoms with Crippen LogP contribution in [-0.2, 0) is 4.79 Å². The Morgan fingerprint density at radius 3 is 2.48 bits per heavy atom. The highest BCUT2D eigenvalue weighted by Gasteiger charge is 2.44. The summed E-state index contributed by atoms with van der Waals surface area (Å²) in [5.41, 5.74) is 5.54. The minimum atomic E-state index is -4.25. The van der Waals surface area contributed by atoms with Crippen LogP contribution in [0, 0.1) is 17.8 Å². The minimum absolute atomic E-state index is 0.0829. The number of nitrogens with one attached hydrogen (secondary N) is 1. The van der Waals surface area contributed by atoms with Crippen LogP contribution in [0.3, 0.4) is 0 Å². The third-order valence-electron chi connectivity index (χ3n) is 4.33. The molecular weight excluding hydrogens is 287 g/mol. The van der Waals surface area contributed by atoms with Gasteiger partial charge < -0.3 is 16.3 Å². The number of alkyl halides is 3. The third kappa shape index (κ3) is 4.01. The van der Waals surface area contributed by atoms with Crippen molar-refractivity contribution in [3.8, 4) is 0 Å². The molecule has 0 heterocycles. The first-order chi connectivity index (χ1) is 9.82. The van der Waals surface area contributed by atoms with Gasteiger partial charge in [0.2, 0.25) is 5.91 Å². The van der Waals surface area contributed by atoms with Gasteiger partial charge in [0.05, 0.1) is 12.0 Å². The smallest absolute Gasteiger partial charge is 0.391 e. The van der Waals surface area contributed by atoms with Crippen LogP contribution in [0.4, 0.5) is 13.2 Å². The maximum atomic E-state index is 12.8. The van der Waals surface area contributed by atoms with Gasteiger partial charge in [-0.25, -0.2) is 0 Å². The second-order valence-corrected chi connectivity index (χ2v) is 5.95. The van der Waals surface area contributed by atoms with E-state index in [2.05, 4.69) is 10.5 Å². The first kappa shape index (κ1) is 15.9. The summed E-state index contributed by atoms with van der Waals surface area (Å²) in [5.74, 6) is -2.46.